The third-order valence-electron chi connectivity index (χ3n) is 4.87. The van der Waals surface area contributed by atoms with Gasteiger partial charge in [0, 0.05) is 5.02 Å². The van der Waals surface area contributed by atoms with Gasteiger partial charge >= 0.3 is 0 Å². The molecule has 0 saturated carbocycles. The number of ether oxygens (including phenoxy) is 1. The minimum atomic E-state index is -0.438. The molecule has 8 nitrogen and oxygen atoms in total. The standard InChI is InChI=1S/C23H25Cl2N5O3S/c1-12(2)20(27-22(32)15-7-6-14(24)10-16(15)25)21-28-23(30-29-21)34-11-19(31)26-17-9-13(3)5-8-18(17)33-4/h5-10,12,20H,11H2,1-4H3,(H,26,31)(H,27,32)(H,28,29,30)/t20-/m0/s1. The Hall–Kier alpha value is -2.75. The van der Waals surface area contributed by atoms with Gasteiger partial charge in [0.1, 0.15) is 11.6 Å². The van der Waals surface area contributed by atoms with E-state index in [0.29, 0.717) is 33.0 Å². The van der Waals surface area contributed by atoms with E-state index < -0.39 is 6.04 Å². The molecule has 0 aliphatic heterocycles. The van der Waals surface area contributed by atoms with Gasteiger partial charge in [-0.05, 0) is 48.7 Å². The molecule has 0 aliphatic rings. The van der Waals surface area contributed by atoms with Gasteiger partial charge in [-0.3, -0.25) is 14.7 Å². The number of amides is 2. The maximum atomic E-state index is 12.8. The zero-order valence-corrected chi connectivity index (χ0v) is 21.4. The number of methoxy groups -OCH3 is 1. The van der Waals surface area contributed by atoms with Gasteiger partial charge < -0.3 is 15.4 Å². The lowest BCUT2D eigenvalue weighted by Crippen LogP contribution is -2.32. The lowest BCUT2D eigenvalue weighted by molar-refractivity contribution is -0.113. The fourth-order valence-corrected chi connectivity index (χ4v) is 4.24. The molecule has 11 heteroatoms. The van der Waals surface area contributed by atoms with Gasteiger partial charge in [-0.15, -0.1) is 5.10 Å². The van der Waals surface area contributed by atoms with E-state index in [1.165, 1.54) is 17.8 Å². The first-order valence-corrected chi connectivity index (χ1v) is 12.2. The molecule has 1 aromatic heterocycles. The summed E-state index contributed by atoms with van der Waals surface area (Å²) in [4.78, 5) is 29.7. The summed E-state index contributed by atoms with van der Waals surface area (Å²) in [5, 5.41) is 13.9. The van der Waals surface area contributed by atoms with Crippen LogP contribution in [0, 0.1) is 12.8 Å². The van der Waals surface area contributed by atoms with Crippen molar-refractivity contribution in [3.8, 4) is 5.75 Å². The highest BCUT2D eigenvalue weighted by molar-refractivity contribution is 7.99. The Labute approximate surface area is 212 Å². The lowest BCUT2D eigenvalue weighted by Gasteiger charge is -2.20. The number of nitrogens with one attached hydrogen (secondary N) is 3. The molecule has 3 aromatic rings. The van der Waals surface area contributed by atoms with Gasteiger partial charge in [0.05, 0.1) is 35.2 Å². The number of thioether (sulfide) groups is 1. The molecular formula is C23H25Cl2N5O3S. The van der Waals surface area contributed by atoms with E-state index in [2.05, 4.69) is 25.8 Å². The number of hydrogen-bond donors (Lipinski definition) is 3. The number of carbonyl (C=O) groups excluding carboxylic acids is 2. The second-order valence-electron chi connectivity index (χ2n) is 7.86. The highest BCUT2D eigenvalue weighted by Crippen LogP contribution is 2.27. The Kier molecular flexibility index (Phi) is 8.82. The second-order valence-corrected chi connectivity index (χ2v) is 9.65. The maximum Gasteiger partial charge on any atom is 0.253 e. The number of nitrogens with zero attached hydrogens (tertiary/aromatic N) is 2. The van der Waals surface area contributed by atoms with E-state index in [1.54, 1.807) is 25.3 Å². The summed E-state index contributed by atoms with van der Waals surface area (Å²) in [7, 11) is 1.55. The van der Waals surface area contributed by atoms with Crippen molar-refractivity contribution in [1.29, 1.82) is 0 Å². The van der Waals surface area contributed by atoms with Crippen molar-refractivity contribution in [2.45, 2.75) is 32.0 Å². The van der Waals surface area contributed by atoms with Gasteiger partial charge in [0.15, 0.2) is 0 Å². The maximum absolute atomic E-state index is 12.8. The zero-order chi connectivity index (χ0) is 24.8. The molecule has 0 spiro atoms. The van der Waals surface area contributed by atoms with E-state index in [1.807, 2.05) is 32.9 Å². The topological polar surface area (TPSA) is 109 Å². The van der Waals surface area contributed by atoms with Crippen LogP contribution in [-0.4, -0.2) is 39.9 Å². The van der Waals surface area contributed by atoms with Crippen LogP contribution in [0.25, 0.3) is 0 Å². The minimum absolute atomic E-state index is 0.0120. The number of benzene rings is 2. The lowest BCUT2D eigenvalue weighted by atomic mass is 10.0. The molecule has 0 saturated heterocycles. The van der Waals surface area contributed by atoms with Crippen LogP contribution in [0.3, 0.4) is 0 Å². The van der Waals surface area contributed by atoms with E-state index in [9.17, 15) is 9.59 Å². The Morgan fingerprint density at radius 1 is 1.18 bits per heavy atom. The van der Waals surface area contributed by atoms with Crippen LogP contribution >= 0.6 is 35.0 Å². The number of halogens is 2. The van der Waals surface area contributed by atoms with Crippen molar-refractivity contribution in [2.24, 2.45) is 5.92 Å². The molecular weight excluding hydrogens is 497 g/mol. The van der Waals surface area contributed by atoms with Crippen molar-refractivity contribution in [2.75, 3.05) is 18.2 Å². The van der Waals surface area contributed by atoms with Gasteiger partial charge in [0.2, 0.25) is 11.1 Å². The van der Waals surface area contributed by atoms with Gasteiger partial charge in [-0.1, -0.05) is 54.9 Å². The molecule has 3 N–H and O–H groups in total. The smallest absolute Gasteiger partial charge is 0.253 e. The van der Waals surface area contributed by atoms with Crippen molar-refractivity contribution in [1.82, 2.24) is 20.5 Å². The van der Waals surface area contributed by atoms with Crippen LogP contribution in [-0.2, 0) is 4.79 Å². The van der Waals surface area contributed by atoms with E-state index in [-0.39, 0.29) is 28.5 Å². The van der Waals surface area contributed by atoms with Crippen molar-refractivity contribution < 1.29 is 14.3 Å². The summed E-state index contributed by atoms with van der Waals surface area (Å²) in [6.07, 6.45) is 0. The second kappa shape index (κ2) is 11.6. The number of anilines is 1. The molecule has 1 atom stereocenters. The molecule has 0 aliphatic carbocycles. The van der Waals surface area contributed by atoms with Gasteiger partial charge in [-0.25, -0.2) is 4.98 Å². The molecule has 3 rings (SSSR count). The predicted octanol–water partition coefficient (Wildman–Crippen LogP) is 5.29. The van der Waals surface area contributed by atoms with E-state index in [0.717, 1.165) is 5.56 Å². The third-order valence-corrected chi connectivity index (χ3v) is 6.26. The van der Waals surface area contributed by atoms with Crippen LogP contribution in [0.5, 0.6) is 5.75 Å². The Morgan fingerprint density at radius 2 is 1.94 bits per heavy atom. The molecule has 0 unspecified atom stereocenters. The molecule has 1 heterocycles. The number of aromatic nitrogens is 3. The molecule has 180 valence electrons. The molecule has 0 fully saturated rings. The van der Waals surface area contributed by atoms with Gasteiger partial charge in [0.25, 0.3) is 5.91 Å². The summed E-state index contributed by atoms with van der Waals surface area (Å²) in [6.45, 7) is 5.84. The highest BCUT2D eigenvalue weighted by Gasteiger charge is 2.24. The number of rotatable bonds is 9. The van der Waals surface area contributed by atoms with Crippen molar-refractivity contribution in [3.05, 3.63) is 63.4 Å². The predicted molar refractivity (Wildman–Crippen MR) is 135 cm³/mol. The zero-order valence-electron chi connectivity index (χ0n) is 19.1. The molecule has 0 radical (unpaired) electrons. The van der Waals surface area contributed by atoms with Crippen molar-refractivity contribution >= 4 is 52.5 Å². The summed E-state index contributed by atoms with van der Waals surface area (Å²) in [5.74, 6) is 0.617. The summed E-state index contributed by atoms with van der Waals surface area (Å²) in [6, 6.07) is 9.80. The number of H-pyrrole nitrogens is 1. The summed E-state index contributed by atoms with van der Waals surface area (Å²) in [5.41, 5.74) is 1.92. The van der Waals surface area contributed by atoms with Crippen LogP contribution in [0.15, 0.2) is 41.6 Å². The number of aryl methyl sites for hydroxylation is 1. The van der Waals surface area contributed by atoms with Crippen molar-refractivity contribution in [3.63, 3.8) is 0 Å². The van der Waals surface area contributed by atoms with Gasteiger partial charge in [-0.2, -0.15) is 0 Å². The summed E-state index contributed by atoms with van der Waals surface area (Å²) < 4.78 is 5.29. The van der Waals surface area contributed by atoms with Crippen LogP contribution in [0.1, 0.15) is 41.6 Å². The fourth-order valence-electron chi connectivity index (χ4n) is 3.14. The number of hydrogen-bond acceptors (Lipinski definition) is 6. The first kappa shape index (κ1) is 25.9. The molecule has 2 amide bonds. The highest BCUT2D eigenvalue weighted by atomic mass is 35.5. The SMILES string of the molecule is COc1ccc(C)cc1NC(=O)CSc1n[nH]c([C@@H](NC(=O)c2ccc(Cl)cc2Cl)C(C)C)n1. The molecule has 0 bridgehead atoms. The molecule has 2 aromatic carbocycles. The van der Waals surface area contributed by atoms with Crippen LogP contribution in [0.2, 0.25) is 10.0 Å². The first-order chi connectivity index (χ1) is 16.2. The number of carbonyl (C=O) groups is 2. The quantitative estimate of drug-likeness (QED) is 0.330. The minimum Gasteiger partial charge on any atom is -0.495 e. The molecule has 34 heavy (non-hydrogen) atoms. The van der Waals surface area contributed by atoms with E-state index >= 15 is 0 Å². The normalized spacial score (nSPS) is 11.9. The average molecular weight is 522 g/mol. The first-order valence-electron chi connectivity index (χ1n) is 10.4. The van der Waals surface area contributed by atoms with Crippen LogP contribution in [0.4, 0.5) is 5.69 Å². The third kappa shape index (κ3) is 6.65. The van der Waals surface area contributed by atoms with Crippen LogP contribution < -0.4 is 15.4 Å². The van der Waals surface area contributed by atoms with E-state index in [4.69, 9.17) is 27.9 Å². The summed E-state index contributed by atoms with van der Waals surface area (Å²) >= 11 is 13.3. The largest absolute Gasteiger partial charge is 0.495 e. The fraction of sp³-hybridized carbons (Fsp3) is 0.304. The monoisotopic (exact) mass is 521 g/mol. The average Bonchev–Trinajstić information content (AvgIpc) is 3.24. The Morgan fingerprint density at radius 3 is 2.62 bits per heavy atom. The number of aromatic amines is 1. The Balaban J connectivity index is 1.63. The Bertz CT molecular complexity index is 1190.